The lowest BCUT2D eigenvalue weighted by atomic mass is 10.0. The van der Waals surface area contributed by atoms with E-state index in [4.69, 9.17) is 11.6 Å². The molecule has 0 radical (unpaired) electrons. The maximum Gasteiger partial charge on any atom is 0.169 e. The smallest absolute Gasteiger partial charge is 0.169 e. The molecule has 0 saturated carbocycles. The number of nitrogens with one attached hydrogen (secondary N) is 1. The molecule has 3 heteroatoms. The van der Waals surface area contributed by atoms with Crippen molar-refractivity contribution in [3.63, 3.8) is 0 Å². The lowest BCUT2D eigenvalue weighted by Gasteiger charge is -2.02. The van der Waals surface area contributed by atoms with Crippen molar-refractivity contribution >= 4 is 28.3 Å². The number of aryl methyl sites for hydroxylation is 1. The summed E-state index contributed by atoms with van der Waals surface area (Å²) in [5.41, 5.74) is 3.72. The van der Waals surface area contributed by atoms with Gasteiger partial charge in [-0.05, 0) is 18.6 Å². The van der Waals surface area contributed by atoms with Gasteiger partial charge in [-0.1, -0.05) is 53.6 Å². The fourth-order valence-corrected chi connectivity index (χ4v) is 2.68. The highest BCUT2D eigenvalue weighted by Gasteiger charge is 2.13. The molecule has 0 aliphatic carbocycles. The van der Waals surface area contributed by atoms with Gasteiger partial charge >= 0.3 is 0 Å². The quantitative estimate of drug-likeness (QED) is 0.703. The Morgan fingerprint density at radius 2 is 2.00 bits per heavy atom. The van der Waals surface area contributed by atoms with Crippen LogP contribution in [0, 0.1) is 6.92 Å². The van der Waals surface area contributed by atoms with Crippen molar-refractivity contribution in [3.05, 3.63) is 70.4 Å². The first kappa shape index (κ1) is 12.9. The number of halogens is 1. The minimum absolute atomic E-state index is 0.101. The number of Topliss-reactive ketones (excluding diaryl/α,β-unsaturated/α-hetero) is 1. The number of hydrogen-bond acceptors (Lipinski definition) is 1. The summed E-state index contributed by atoms with van der Waals surface area (Å²) >= 11 is 6.11. The van der Waals surface area contributed by atoms with E-state index in [1.807, 2.05) is 49.4 Å². The first-order chi connectivity index (χ1) is 9.65. The van der Waals surface area contributed by atoms with Crippen molar-refractivity contribution in [1.29, 1.82) is 0 Å². The molecule has 0 aliphatic rings. The molecule has 0 fully saturated rings. The van der Waals surface area contributed by atoms with Crippen LogP contribution in [0.15, 0.2) is 48.7 Å². The Bertz CT molecular complexity index is 789. The van der Waals surface area contributed by atoms with Gasteiger partial charge in [-0.25, -0.2) is 0 Å². The fourth-order valence-electron chi connectivity index (χ4n) is 2.45. The molecule has 0 bridgehead atoms. The second kappa shape index (κ2) is 5.14. The molecule has 0 saturated heterocycles. The second-order valence-corrected chi connectivity index (χ2v) is 5.36. The summed E-state index contributed by atoms with van der Waals surface area (Å²) in [6, 6.07) is 13.6. The predicted octanol–water partition coefficient (Wildman–Crippen LogP) is 4.56. The summed E-state index contributed by atoms with van der Waals surface area (Å²) in [7, 11) is 0. The van der Waals surface area contributed by atoms with Crippen molar-refractivity contribution < 1.29 is 4.79 Å². The molecule has 100 valence electrons. The van der Waals surface area contributed by atoms with Crippen molar-refractivity contribution in [1.82, 2.24) is 4.98 Å². The number of carbonyl (C=O) groups excluding carboxylic acids is 1. The number of ketones is 1. The Kier molecular flexibility index (Phi) is 3.33. The van der Waals surface area contributed by atoms with Crippen LogP contribution in [0.25, 0.3) is 10.9 Å². The number of benzene rings is 2. The van der Waals surface area contributed by atoms with Gasteiger partial charge in [0.2, 0.25) is 0 Å². The van der Waals surface area contributed by atoms with Crippen molar-refractivity contribution in [2.45, 2.75) is 13.3 Å². The maximum absolute atomic E-state index is 12.4. The van der Waals surface area contributed by atoms with E-state index in [0.717, 1.165) is 22.0 Å². The highest BCUT2D eigenvalue weighted by molar-refractivity contribution is 6.35. The number of aromatic nitrogens is 1. The highest BCUT2D eigenvalue weighted by Crippen LogP contribution is 2.26. The van der Waals surface area contributed by atoms with Crippen LogP contribution in [0.5, 0.6) is 0 Å². The van der Waals surface area contributed by atoms with E-state index in [9.17, 15) is 4.79 Å². The zero-order valence-electron chi connectivity index (χ0n) is 11.1. The van der Waals surface area contributed by atoms with Gasteiger partial charge in [0.1, 0.15) is 0 Å². The molecule has 1 N–H and O–H groups in total. The van der Waals surface area contributed by atoms with Crippen molar-refractivity contribution in [2.24, 2.45) is 0 Å². The number of H-pyrrole nitrogens is 1. The second-order valence-electron chi connectivity index (χ2n) is 4.95. The average Bonchev–Trinajstić information content (AvgIpc) is 2.84. The molecular formula is C17H14ClNO. The van der Waals surface area contributed by atoms with Crippen LogP contribution >= 0.6 is 11.6 Å². The summed E-state index contributed by atoms with van der Waals surface area (Å²) in [5.74, 6) is 0.101. The van der Waals surface area contributed by atoms with E-state index < -0.39 is 0 Å². The number of hydrogen-bond donors (Lipinski definition) is 1. The normalized spacial score (nSPS) is 10.9. The highest BCUT2D eigenvalue weighted by atomic mass is 35.5. The molecule has 3 aromatic rings. The SMILES string of the molecule is Cc1cccc(CC(=O)c2c[nH]c3c(Cl)cccc23)c1. The van der Waals surface area contributed by atoms with Crippen LogP contribution in [-0.2, 0) is 6.42 Å². The van der Waals surface area contributed by atoms with Gasteiger partial charge in [0.15, 0.2) is 5.78 Å². The molecule has 0 spiro atoms. The first-order valence-electron chi connectivity index (χ1n) is 6.49. The lowest BCUT2D eigenvalue weighted by Crippen LogP contribution is -2.02. The lowest BCUT2D eigenvalue weighted by molar-refractivity contribution is 0.0994. The fraction of sp³-hybridized carbons (Fsp3) is 0.118. The van der Waals surface area contributed by atoms with Gasteiger partial charge in [-0.15, -0.1) is 0 Å². The van der Waals surface area contributed by atoms with E-state index >= 15 is 0 Å². The molecule has 1 aromatic heterocycles. The van der Waals surface area contributed by atoms with Crippen LogP contribution < -0.4 is 0 Å². The third kappa shape index (κ3) is 2.35. The van der Waals surface area contributed by atoms with E-state index in [1.165, 1.54) is 0 Å². The zero-order chi connectivity index (χ0) is 14.1. The Morgan fingerprint density at radius 3 is 2.80 bits per heavy atom. The third-order valence-electron chi connectivity index (χ3n) is 3.41. The van der Waals surface area contributed by atoms with Crippen LogP contribution in [0.1, 0.15) is 21.5 Å². The van der Waals surface area contributed by atoms with E-state index in [1.54, 1.807) is 6.20 Å². The van der Waals surface area contributed by atoms with Crippen LogP contribution in [0.4, 0.5) is 0 Å². The molecule has 3 rings (SSSR count). The molecule has 2 aromatic carbocycles. The minimum Gasteiger partial charge on any atom is -0.359 e. The Hall–Kier alpha value is -2.06. The van der Waals surface area contributed by atoms with Gasteiger partial charge < -0.3 is 4.98 Å². The van der Waals surface area contributed by atoms with E-state index in [-0.39, 0.29) is 5.78 Å². The Labute approximate surface area is 122 Å². The molecular weight excluding hydrogens is 270 g/mol. The van der Waals surface area contributed by atoms with Crippen molar-refractivity contribution in [2.75, 3.05) is 0 Å². The number of aromatic amines is 1. The standard InChI is InChI=1S/C17H14ClNO/c1-11-4-2-5-12(8-11)9-16(20)14-10-19-17-13(14)6-3-7-15(17)18/h2-8,10,19H,9H2,1H3. The largest absolute Gasteiger partial charge is 0.359 e. The molecule has 0 aliphatic heterocycles. The average molecular weight is 284 g/mol. The first-order valence-corrected chi connectivity index (χ1v) is 6.87. The molecule has 2 nitrogen and oxygen atoms in total. The third-order valence-corrected chi connectivity index (χ3v) is 3.73. The number of para-hydroxylation sites is 1. The molecule has 1 heterocycles. The molecule has 0 amide bonds. The molecule has 0 unspecified atom stereocenters. The number of fused-ring (bicyclic) bond motifs is 1. The van der Waals surface area contributed by atoms with E-state index in [0.29, 0.717) is 17.0 Å². The maximum atomic E-state index is 12.4. The summed E-state index contributed by atoms with van der Waals surface area (Å²) in [5, 5.41) is 1.52. The number of rotatable bonds is 3. The Balaban J connectivity index is 1.95. The monoisotopic (exact) mass is 283 g/mol. The molecule has 20 heavy (non-hydrogen) atoms. The van der Waals surface area contributed by atoms with Crippen LogP contribution in [-0.4, -0.2) is 10.8 Å². The van der Waals surface area contributed by atoms with Crippen LogP contribution in [0.3, 0.4) is 0 Å². The van der Waals surface area contributed by atoms with Gasteiger partial charge in [0.05, 0.1) is 10.5 Å². The summed E-state index contributed by atoms with van der Waals surface area (Å²) in [4.78, 5) is 15.5. The summed E-state index contributed by atoms with van der Waals surface area (Å²) < 4.78 is 0. The summed E-state index contributed by atoms with van der Waals surface area (Å²) in [6.07, 6.45) is 2.15. The van der Waals surface area contributed by atoms with Crippen LogP contribution in [0.2, 0.25) is 5.02 Å². The van der Waals surface area contributed by atoms with Gasteiger partial charge in [-0.2, -0.15) is 0 Å². The van der Waals surface area contributed by atoms with Gasteiger partial charge in [0, 0.05) is 23.6 Å². The summed E-state index contributed by atoms with van der Waals surface area (Å²) in [6.45, 7) is 2.03. The topological polar surface area (TPSA) is 32.9 Å². The zero-order valence-corrected chi connectivity index (χ0v) is 11.9. The molecule has 0 atom stereocenters. The number of carbonyl (C=O) groups is 1. The predicted molar refractivity (Wildman–Crippen MR) is 82.5 cm³/mol. The van der Waals surface area contributed by atoms with Gasteiger partial charge in [0.25, 0.3) is 0 Å². The van der Waals surface area contributed by atoms with E-state index in [2.05, 4.69) is 4.98 Å². The van der Waals surface area contributed by atoms with Crippen molar-refractivity contribution in [3.8, 4) is 0 Å². The minimum atomic E-state index is 0.101. The Morgan fingerprint density at radius 1 is 1.20 bits per heavy atom. The van der Waals surface area contributed by atoms with Gasteiger partial charge in [-0.3, -0.25) is 4.79 Å².